The molecule has 5 aromatic carbocycles. The van der Waals surface area contributed by atoms with E-state index in [1.165, 1.54) is 160 Å². The molecule has 3 nitrogen and oxygen atoms in total. The summed E-state index contributed by atoms with van der Waals surface area (Å²) in [7, 11) is 0. The summed E-state index contributed by atoms with van der Waals surface area (Å²) in [6.45, 7) is 39.5. The van der Waals surface area contributed by atoms with Gasteiger partial charge in [0, 0.05) is 33.8 Å². The Kier molecular flexibility index (Phi) is 9.32. The second kappa shape index (κ2) is 14.5. The summed E-state index contributed by atoms with van der Waals surface area (Å²) in [6, 6.07) is 33.5. The smallest absolute Gasteiger partial charge is 0.297 e. The summed E-state index contributed by atoms with van der Waals surface area (Å²) in [5.74, 6) is 1.58. The molecule has 0 amide bonds. The highest BCUT2D eigenvalue weighted by Crippen LogP contribution is 2.76. The van der Waals surface area contributed by atoms with Crippen LogP contribution in [-0.2, 0) is 43.3 Å². The second-order valence-electron chi connectivity index (χ2n) is 31.5. The Balaban J connectivity index is 1.14. The highest BCUT2D eigenvalue weighted by molar-refractivity contribution is 7.00. The van der Waals surface area contributed by atoms with E-state index in [1.54, 1.807) is 5.56 Å². The Morgan fingerprint density at radius 2 is 1.04 bits per heavy atom. The Bertz CT molecular complexity index is 3420. The van der Waals surface area contributed by atoms with Crippen LogP contribution in [0.4, 0.5) is 34.1 Å². The van der Waals surface area contributed by atoms with Crippen LogP contribution in [0.1, 0.15) is 226 Å². The highest BCUT2D eigenvalue weighted by Gasteiger charge is 2.68. The lowest BCUT2D eigenvalue weighted by molar-refractivity contribution is 0.194. The van der Waals surface area contributed by atoms with Crippen molar-refractivity contribution in [3.8, 4) is 0 Å². The third kappa shape index (κ3) is 6.50. The molecule has 4 atom stereocenters. The van der Waals surface area contributed by atoms with Crippen molar-refractivity contribution in [1.82, 2.24) is 0 Å². The van der Waals surface area contributed by atoms with Crippen LogP contribution in [0.3, 0.4) is 0 Å². The van der Waals surface area contributed by atoms with E-state index in [2.05, 4.69) is 199 Å². The van der Waals surface area contributed by atoms with Gasteiger partial charge in [-0.2, -0.15) is 0 Å². The topological polar surface area (TPSA) is 19.6 Å². The van der Waals surface area contributed by atoms with E-state index in [0.29, 0.717) is 5.41 Å². The van der Waals surface area contributed by atoms with Gasteiger partial charge in [0.2, 0.25) is 0 Å². The molecular weight excluding hydrogens is 896 g/mol. The van der Waals surface area contributed by atoms with E-state index < -0.39 is 0 Å². The Labute approximate surface area is 445 Å². The molecule has 8 aliphatic rings. The molecule has 3 fully saturated rings. The average Bonchev–Trinajstić information content (AvgIpc) is 3.68. The average molecular weight is 981 g/mol. The van der Waals surface area contributed by atoms with Crippen LogP contribution in [0.2, 0.25) is 0 Å². The molecule has 6 aromatic rings. The van der Waals surface area contributed by atoms with Gasteiger partial charge in [-0.1, -0.05) is 135 Å². The molecule has 0 saturated heterocycles. The van der Waals surface area contributed by atoms with Crippen LogP contribution in [0, 0.1) is 17.3 Å². The number of benzene rings is 5. The summed E-state index contributed by atoms with van der Waals surface area (Å²) < 4.78 is 7.86. The van der Waals surface area contributed by atoms with E-state index in [-0.39, 0.29) is 50.0 Å². The Morgan fingerprint density at radius 3 is 1.65 bits per heavy atom. The predicted octanol–water partition coefficient (Wildman–Crippen LogP) is 17.3. The molecule has 384 valence electrons. The van der Waals surface area contributed by atoms with Gasteiger partial charge in [0.05, 0.1) is 11.3 Å². The number of furan rings is 1. The zero-order valence-electron chi connectivity index (χ0n) is 48.3. The summed E-state index contributed by atoms with van der Waals surface area (Å²) in [5.41, 5.74) is 25.8. The molecule has 74 heavy (non-hydrogen) atoms. The lowest BCUT2D eigenvalue weighted by atomic mass is 9.35. The normalized spacial score (nSPS) is 28.4. The van der Waals surface area contributed by atoms with Crippen LogP contribution >= 0.6 is 0 Å². The molecule has 14 rings (SSSR count). The maximum Gasteiger partial charge on any atom is 0.297 e. The van der Waals surface area contributed by atoms with Gasteiger partial charge in [-0.3, -0.25) is 0 Å². The van der Waals surface area contributed by atoms with Gasteiger partial charge in [0.15, 0.2) is 0 Å². The number of rotatable bonds is 3. The third-order valence-electron chi connectivity index (χ3n) is 22.5. The third-order valence-corrected chi connectivity index (χ3v) is 22.5. The molecule has 6 aliphatic carbocycles. The summed E-state index contributed by atoms with van der Waals surface area (Å²) >= 11 is 0. The highest BCUT2D eigenvalue weighted by atomic mass is 16.3. The number of hydrogen-bond donors (Lipinski definition) is 0. The molecule has 2 bridgehead atoms. The van der Waals surface area contributed by atoms with Crippen molar-refractivity contribution >= 4 is 68.4 Å². The molecule has 3 saturated carbocycles. The molecule has 0 N–H and O–H groups in total. The van der Waals surface area contributed by atoms with Crippen LogP contribution in [0.25, 0.3) is 11.0 Å². The molecule has 0 radical (unpaired) electrons. The van der Waals surface area contributed by atoms with Gasteiger partial charge in [-0.15, -0.1) is 0 Å². The second-order valence-corrected chi connectivity index (χ2v) is 31.5. The first-order chi connectivity index (χ1) is 34.5. The summed E-state index contributed by atoms with van der Waals surface area (Å²) in [4.78, 5) is 5.53. The standard InChI is InChI=1S/C70H85BN2O/c1-41-36-69(38-44-39-70(44,37-41)40-69)43-29-56-59-57(30-43)73(46-21-22-48-49(31-46)64(7,8)24-23-63(48,5)6)60-47-32-50-53(68(15,16)28-25-65(50,9)10)35-58(47)74-61(60)71(59)54-33-51-52(67(13,14)27-26-66(51,11)12)34-55(54)72(56)45-19-17-42(18-20-45)62(2,3)4/h17-22,29-35,41,44H,23-28,36-40H2,1-16H3. The van der Waals surface area contributed by atoms with Gasteiger partial charge in [-0.25, -0.2) is 0 Å². The minimum atomic E-state index is -0.0870. The van der Waals surface area contributed by atoms with E-state index in [1.807, 2.05) is 0 Å². The number of fused-ring (bicyclic) bond motifs is 10. The molecule has 2 aliphatic heterocycles. The fourth-order valence-corrected chi connectivity index (χ4v) is 17.7. The monoisotopic (exact) mass is 981 g/mol. The molecule has 4 heteroatoms. The van der Waals surface area contributed by atoms with Crippen LogP contribution in [0.5, 0.6) is 0 Å². The van der Waals surface area contributed by atoms with Crippen LogP contribution in [-0.4, -0.2) is 6.71 Å². The first-order valence-corrected chi connectivity index (χ1v) is 29.4. The van der Waals surface area contributed by atoms with Crippen molar-refractivity contribution in [3.05, 3.63) is 123 Å². The maximum atomic E-state index is 7.86. The molecule has 1 spiro atoms. The SMILES string of the molecule is CC1CC2(c3cc4c5c(c3)N(c3ccc6c(c3)C(C)(C)CCC6(C)C)c3c(oc6cc7c(cc36)C(C)(C)CCC7(C)C)B5c3cc5c(cc3N4c3ccc(C(C)(C)C)cc3)C(C)(C)CCC5(C)C)CC3CC3(C1)C2. The number of nitrogens with zero attached hydrogens (tertiary/aromatic N) is 2. The van der Waals surface area contributed by atoms with E-state index in [9.17, 15) is 0 Å². The van der Waals surface area contributed by atoms with Crippen molar-refractivity contribution in [2.24, 2.45) is 17.3 Å². The van der Waals surface area contributed by atoms with Gasteiger partial charge in [0.1, 0.15) is 5.58 Å². The van der Waals surface area contributed by atoms with Crippen LogP contribution in [0.15, 0.2) is 83.3 Å². The molecule has 3 heterocycles. The minimum Gasteiger partial charge on any atom is -0.468 e. The van der Waals surface area contributed by atoms with Gasteiger partial charge in [0.25, 0.3) is 6.71 Å². The Morgan fingerprint density at radius 1 is 0.514 bits per heavy atom. The Hall–Kier alpha value is -4.70. The van der Waals surface area contributed by atoms with Crippen molar-refractivity contribution in [1.29, 1.82) is 0 Å². The van der Waals surface area contributed by atoms with Crippen molar-refractivity contribution in [3.63, 3.8) is 0 Å². The molecule has 4 unspecified atom stereocenters. The molecular formula is C70H85BN2O. The largest absolute Gasteiger partial charge is 0.468 e. The van der Waals surface area contributed by atoms with Gasteiger partial charge < -0.3 is 14.2 Å². The lowest BCUT2D eigenvalue weighted by Gasteiger charge is -2.48. The van der Waals surface area contributed by atoms with E-state index >= 15 is 0 Å². The fraction of sp³-hybridized carbons (Fsp3) is 0.543. The quantitative estimate of drug-likeness (QED) is 0.165. The van der Waals surface area contributed by atoms with E-state index in [0.717, 1.165) is 23.1 Å². The first-order valence-electron chi connectivity index (χ1n) is 29.4. The van der Waals surface area contributed by atoms with E-state index in [4.69, 9.17) is 4.42 Å². The van der Waals surface area contributed by atoms with Crippen LogP contribution < -0.4 is 26.4 Å². The molecule has 1 aromatic heterocycles. The number of hydrogen-bond acceptors (Lipinski definition) is 3. The summed E-state index contributed by atoms with van der Waals surface area (Å²) in [5, 5.41) is 1.27. The number of anilines is 6. The van der Waals surface area contributed by atoms with Gasteiger partial charge >= 0.3 is 0 Å². The van der Waals surface area contributed by atoms with Crippen molar-refractivity contribution in [2.75, 3.05) is 9.80 Å². The maximum absolute atomic E-state index is 7.86. The zero-order valence-corrected chi connectivity index (χ0v) is 48.3. The zero-order chi connectivity index (χ0) is 52.0. The van der Waals surface area contributed by atoms with Gasteiger partial charge in [-0.05, 0) is 241 Å². The van der Waals surface area contributed by atoms with Crippen molar-refractivity contribution in [2.45, 2.75) is 225 Å². The summed E-state index contributed by atoms with van der Waals surface area (Å²) in [6.07, 6.45) is 13.9. The fourth-order valence-electron chi connectivity index (χ4n) is 17.7. The predicted molar refractivity (Wildman–Crippen MR) is 315 cm³/mol. The minimum absolute atomic E-state index is 0.0412. The lowest BCUT2D eigenvalue weighted by Crippen LogP contribution is -2.61. The van der Waals surface area contributed by atoms with Crippen molar-refractivity contribution < 1.29 is 4.42 Å². The first kappa shape index (κ1) is 47.7.